The Balaban J connectivity index is 3.56. The number of hydrogen-bond acceptors (Lipinski definition) is 4. The second-order valence-electron chi connectivity index (χ2n) is 3.31. The first-order valence-corrected chi connectivity index (χ1v) is 6.25. The summed E-state index contributed by atoms with van der Waals surface area (Å²) in [6.07, 6.45) is 0.887. The number of sulfone groups is 1. The Labute approximate surface area is 93.0 Å². The molecule has 0 aromatic heterocycles. The molecule has 6 heteroatoms. The quantitative estimate of drug-likeness (QED) is 0.757. The molecule has 0 spiro atoms. The monoisotopic (exact) mass is 246 g/mol. The van der Waals surface area contributed by atoms with Gasteiger partial charge in [-0.25, -0.2) is 12.8 Å². The Kier molecular flexibility index (Phi) is 3.32. The fraction of sp³-hybridized carbons (Fsp3) is 0.300. The Morgan fingerprint density at radius 3 is 2.31 bits per heavy atom. The van der Waals surface area contributed by atoms with Crippen molar-refractivity contribution in [2.24, 2.45) is 0 Å². The lowest BCUT2D eigenvalue weighted by Crippen LogP contribution is -2.05. The van der Waals surface area contributed by atoms with Crippen LogP contribution >= 0.6 is 0 Å². The molecule has 0 aliphatic rings. The minimum Gasteiger partial charge on any atom is -0.496 e. The summed E-state index contributed by atoms with van der Waals surface area (Å²) in [5, 5.41) is 0. The second kappa shape index (κ2) is 4.21. The summed E-state index contributed by atoms with van der Waals surface area (Å²) in [5.41, 5.74) is 0.0207. The molecule has 1 rings (SSSR count). The lowest BCUT2D eigenvalue weighted by atomic mass is 10.1. The van der Waals surface area contributed by atoms with E-state index in [1.165, 1.54) is 14.0 Å². The van der Waals surface area contributed by atoms with Gasteiger partial charge in [0.25, 0.3) is 0 Å². The van der Waals surface area contributed by atoms with Crippen LogP contribution in [0.3, 0.4) is 0 Å². The zero-order valence-corrected chi connectivity index (χ0v) is 9.89. The number of ether oxygens (including phenoxy) is 1. The molecule has 0 bridgehead atoms. The average molecular weight is 246 g/mol. The summed E-state index contributed by atoms with van der Waals surface area (Å²) < 4.78 is 40.7. The van der Waals surface area contributed by atoms with Crippen molar-refractivity contribution < 1.29 is 22.3 Å². The Bertz CT molecular complexity index is 534. The summed E-state index contributed by atoms with van der Waals surface area (Å²) in [7, 11) is -2.39. The minimum atomic E-state index is -3.67. The Hall–Kier alpha value is -1.43. The largest absolute Gasteiger partial charge is 0.496 e. The van der Waals surface area contributed by atoms with Crippen LogP contribution in [0.15, 0.2) is 17.0 Å². The highest BCUT2D eigenvalue weighted by molar-refractivity contribution is 7.90. The third-order valence-corrected chi connectivity index (χ3v) is 3.14. The zero-order valence-electron chi connectivity index (χ0n) is 9.07. The number of benzene rings is 1. The van der Waals surface area contributed by atoms with Gasteiger partial charge >= 0.3 is 0 Å². The van der Waals surface area contributed by atoms with Gasteiger partial charge in [-0.1, -0.05) is 0 Å². The van der Waals surface area contributed by atoms with Crippen molar-refractivity contribution in [3.05, 3.63) is 23.5 Å². The van der Waals surface area contributed by atoms with Crippen LogP contribution in [-0.2, 0) is 9.84 Å². The molecule has 88 valence electrons. The number of rotatable bonds is 3. The number of methoxy groups -OCH3 is 1. The van der Waals surface area contributed by atoms with Crippen molar-refractivity contribution in [3.63, 3.8) is 0 Å². The SMILES string of the molecule is COc1cc(S(C)(=O)=O)c(F)cc1C(C)=O. The minimum absolute atomic E-state index is 0.0207. The summed E-state index contributed by atoms with van der Waals surface area (Å²) in [5.74, 6) is -1.29. The van der Waals surface area contributed by atoms with E-state index in [0.717, 1.165) is 18.4 Å². The van der Waals surface area contributed by atoms with Crippen molar-refractivity contribution in [3.8, 4) is 5.75 Å². The van der Waals surface area contributed by atoms with E-state index < -0.39 is 26.3 Å². The zero-order chi connectivity index (χ0) is 12.5. The fourth-order valence-electron chi connectivity index (χ4n) is 1.26. The summed E-state index contributed by atoms with van der Waals surface area (Å²) in [6.45, 7) is 1.25. The third-order valence-electron chi connectivity index (χ3n) is 2.03. The van der Waals surface area contributed by atoms with Gasteiger partial charge in [0.15, 0.2) is 15.6 Å². The molecule has 4 nitrogen and oxygen atoms in total. The molecule has 0 saturated heterocycles. The topological polar surface area (TPSA) is 60.4 Å². The van der Waals surface area contributed by atoms with E-state index in [0.29, 0.717) is 0 Å². The highest BCUT2D eigenvalue weighted by atomic mass is 32.2. The van der Waals surface area contributed by atoms with Crippen LogP contribution in [-0.4, -0.2) is 27.6 Å². The number of ketones is 1. The maximum absolute atomic E-state index is 13.4. The average Bonchev–Trinajstić information content (AvgIpc) is 2.15. The maximum Gasteiger partial charge on any atom is 0.178 e. The smallest absolute Gasteiger partial charge is 0.178 e. The standard InChI is InChI=1S/C10H11FO4S/c1-6(12)7-4-8(11)10(16(3,13)14)5-9(7)15-2/h4-5H,1-3H3. The molecule has 1 aromatic carbocycles. The molecule has 0 aliphatic heterocycles. The summed E-state index contributed by atoms with van der Waals surface area (Å²) >= 11 is 0. The molecule has 0 fully saturated rings. The van der Waals surface area contributed by atoms with Crippen LogP contribution in [0.2, 0.25) is 0 Å². The second-order valence-corrected chi connectivity index (χ2v) is 5.30. The molecule has 0 amide bonds. The molecule has 16 heavy (non-hydrogen) atoms. The number of carbonyl (C=O) groups is 1. The first-order chi connectivity index (χ1) is 7.27. The number of Topliss-reactive ketones (excluding diaryl/α,β-unsaturated/α-hetero) is 1. The van der Waals surface area contributed by atoms with Crippen molar-refractivity contribution >= 4 is 15.6 Å². The molecule has 0 aliphatic carbocycles. The number of halogens is 1. The molecular formula is C10H11FO4S. The predicted octanol–water partition coefficient (Wildman–Crippen LogP) is 1.44. The fourth-order valence-corrected chi connectivity index (χ4v) is 2.00. The van der Waals surface area contributed by atoms with E-state index >= 15 is 0 Å². The molecule has 0 N–H and O–H groups in total. The van der Waals surface area contributed by atoms with Crippen LogP contribution in [0, 0.1) is 5.82 Å². The first-order valence-electron chi connectivity index (χ1n) is 4.36. The van der Waals surface area contributed by atoms with Crippen LogP contribution in [0.4, 0.5) is 4.39 Å². The summed E-state index contributed by atoms with van der Waals surface area (Å²) in [4.78, 5) is 10.7. The van der Waals surface area contributed by atoms with Crippen LogP contribution in [0.5, 0.6) is 5.75 Å². The lowest BCUT2D eigenvalue weighted by molar-refractivity contribution is 0.101. The highest BCUT2D eigenvalue weighted by Crippen LogP contribution is 2.26. The molecule has 0 unspecified atom stereocenters. The van der Waals surface area contributed by atoms with Gasteiger partial charge in [0, 0.05) is 12.3 Å². The lowest BCUT2D eigenvalue weighted by Gasteiger charge is -2.08. The van der Waals surface area contributed by atoms with Crippen LogP contribution in [0.25, 0.3) is 0 Å². The number of carbonyl (C=O) groups excluding carboxylic acids is 1. The summed E-state index contributed by atoms with van der Waals surface area (Å²) in [6, 6.07) is 1.89. The van der Waals surface area contributed by atoms with Gasteiger partial charge < -0.3 is 4.74 Å². The van der Waals surface area contributed by atoms with E-state index in [2.05, 4.69) is 0 Å². The molecule has 0 atom stereocenters. The molecule has 0 saturated carbocycles. The van der Waals surface area contributed by atoms with Gasteiger partial charge in [0.05, 0.1) is 12.7 Å². The van der Waals surface area contributed by atoms with Crippen LogP contribution in [0.1, 0.15) is 17.3 Å². The van der Waals surface area contributed by atoms with Crippen LogP contribution < -0.4 is 4.74 Å². The van der Waals surface area contributed by atoms with Gasteiger partial charge in [-0.05, 0) is 13.0 Å². The van der Waals surface area contributed by atoms with Gasteiger partial charge in [-0.15, -0.1) is 0 Å². The normalized spacial score (nSPS) is 11.2. The third kappa shape index (κ3) is 2.38. The van der Waals surface area contributed by atoms with E-state index in [-0.39, 0.29) is 11.3 Å². The Morgan fingerprint density at radius 1 is 1.38 bits per heavy atom. The van der Waals surface area contributed by atoms with Crippen molar-refractivity contribution in [1.82, 2.24) is 0 Å². The van der Waals surface area contributed by atoms with Crippen molar-refractivity contribution in [2.75, 3.05) is 13.4 Å². The molecule has 1 aromatic rings. The first kappa shape index (κ1) is 12.6. The van der Waals surface area contributed by atoms with Crippen molar-refractivity contribution in [2.45, 2.75) is 11.8 Å². The van der Waals surface area contributed by atoms with E-state index in [9.17, 15) is 17.6 Å². The highest BCUT2D eigenvalue weighted by Gasteiger charge is 2.19. The molecule has 0 radical (unpaired) electrons. The van der Waals surface area contributed by atoms with Crippen molar-refractivity contribution in [1.29, 1.82) is 0 Å². The molecule has 0 heterocycles. The van der Waals surface area contributed by atoms with E-state index in [1.807, 2.05) is 0 Å². The van der Waals surface area contributed by atoms with Gasteiger partial charge in [0.1, 0.15) is 16.5 Å². The molecular weight excluding hydrogens is 235 g/mol. The van der Waals surface area contributed by atoms with E-state index in [4.69, 9.17) is 4.74 Å². The maximum atomic E-state index is 13.4. The van der Waals surface area contributed by atoms with Gasteiger partial charge in [0.2, 0.25) is 0 Å². The van der Waals surface area contributed by atoms with Gasteiger partial charge in [-0.3, -0.25) is 4.79 Å². The number of hydrogen-bond donors (Lipinski definition) is 0. The van der Waals surface area contributed by atoms with E-state index in [1.54, 1.807) is 0 Å². The predicted molar refractivity (Wildman–Crippen MR) is 56.1 cm³/mol. The van der Waals surface area contributed by atoms with Gasteiger partial charge in [-0.2, -0.15) is 0 Å². The Morgan fingerprint density at radius 2 is 1.94 bits per heavy atom.